The third kappa shape index (κ3) is 4.04. The van der Waals surface area contributed by atoms with E-state index in [1.165, 1.54) is 29.9 Å². The van der Waals surface area contributed by atoms with Crippen molar-refractivity contribution >= 4 is 11.8 Å². The van der Waals surface area contributed by atoms with Crippen molar-refractivity contribution in [1.82, 2.24) is 20.4 Å². The number of benzene rings is 1. The van der Waals surface area contributed by atoms with E-state index in [0.29, 0.717) is 18.4 Å². The standard InChI is InChI=1S/C21H23F3N4O3/c1-10(11-4-3-5-12(6-11)21(22,23)24)28-17(9-16(27-28)19(30)25-2)20(31)26-18-14-7-13(29)8-15(14)18/h3-6,9-10,13-15,18,29H,7-8H2,1-2H3,(H,25,30)(H,26,31)/t10-,13-,14+,15-,18-/m1/s1. The Morgan fingerprint density at radius 1 is 1.19 bits per heavy atom. The molecule has 2 aliphatic rings. The summed E-state index contributed by atoms with van der Waals surface area (Å²) < 4.78 is 40.7. The van der Waals surface area contributed by atoms with Crippen LogP contribution < -0.4 is 10.6 Å². The lowest BCUT2D eigenvalue weighted by molar-refractivity contribution is -0.137. The van der Waals surface area contributed by atoms with Gasteiger partial charge in [0.15, 0.2) is 5.69 Å². The smallest absolute Gasteiger partial charge is 0.393 e. The molecule has 166 valence electrons. The average molecular weight is 436 g/mol. The molecule has 2 aliphatic carbocycles. The Morgan fingerprint density at radius 2 is 1.87 bits per heavy atom. The van der Waals surface area contributed by atoms with Crippen LogP contribution in [0.1, 0.15) is 57.9 Å². The molecule has 1 aromatic carbocycles. The van der Waals surface area contributed by atoms with Crippen molar-refractivity contribution in [3.05, 3.63) is 52.8 Å². The van der Waals surface area contributed by atoms with E-state index < -0.39 is 29.6 Å². The zero-order valence-corrected chi connectivity index (χ0v) is 17.0. The van der Waals surface area contributed by atoms with Gasteiger partial charge in [-0.2, -0.15) is 18.3 Å². The molecule has 1 heterocycles. The molecule has 0 radical (unpaired) electrons. The van der Waals surface area contributed by atoms with Crippen LogP contribution in [0.3, 0.4) is 0 Å². The molecule has 3 N–H and O–H groups in total. The van der Waals surface area contributed by atoms with Crippen LogP contribution in [0.4, 0.5) is 13.2 Å². The summed E-state index contributed by atoms with van der Waals surface area (Å²) in [4.78, 5) is 25.0. The van der Waals surface area contributed by atoms with E-state index in [0.717, 1.165) is 12.1 Å². The third-order valence-electron chi connectivity index (χ3n) is 6.21. The number of rotatable bonds is 5. The van der Waals surface area contributed by atoms with Crippen molar-refractivity contribution < 1.29 is 27.9 Å². The molecule has 7 nitrogen and oxygen atoms in total. The molecule has 4 rings (SSSR count). The first-order valence-corrected chi connectivity index (χ1v) is 10.1. The van der Waals surface area contributed by atoms with Gasteiger partial charge in [-0.3, -0.25) is 14.3 Å². The van der Waals surface area contributed by atoms with E-state index in [1.54, 1.807) is 6.92 Å². The van der Waals surface area contributed by atoms with Crippen LogP contribution in [-0.2, 0) is 6.18 Å². The number of aliphatic hydroxyl groups is 1. The van der Waals surface area contributed by atoms with Crippen molar-refractivity contribution in [2.45, 2.75) is 44.1 Å². The van der Waals surface area contributed by atoms with E-state index in [-0.39, 0.29) is 35.4 Å². The molecule has 0 spiro atoms. The van der Waals surface area contributed by atoms with E-state index in [1.807, 2.05) is 0 Å². The normalized spacial score (nSPS) is 25.6. The minimum absolute atomic E-state index is 0.00195. The number of amides is 2. The molecule has 0 unspecified atom stereocenters. The van der Waals surface area contributed by atoms with Crippen molar-refractivity contribution in [2.75, 3.05) is 7.05 Å². The monoisotopic (exact) mass is 436 g/mol. The molecule has 5 atom stereocenters. The summed E-state index contributed by atoms with van der Waals surface area (Å²) in [5.41, 5.74) is -0.403. The van der Waals surface area contributed by atoms with E-state index in [9.17, 15) is 27.9 Å². The summed E-state index contributed by atoms with van der Waals surface area (Å²) in [6.45, 7) is 1.62. The molecule has 1 aromatic heterocycles. The van der Waals surface area contributed by atoms with Crippen molar-refractivity contribution in [1.29, 1.82) is 0 Å². The summed E-state index contributed by atoms with van der Waals surface area (Å²) >= 11 is 0. The summed E-state index contributed by atoms with van der Waals surface area (Å²) in [5.74, 6) is -0.491. The highest BCUT2D eigenvalue weighted by Crippen LogP contribution is 2.52. The Hall–Kier alpha value is -2.88. The van der Waals surface area contributed by atoms with Gasteiger partial charge in [-0.15, -0.1) is 0 Å². The molecule has 2 amide bonds. The first kappa shape index (κ1) is 21.4. The third-order valence-corrected chi connectivity index (χ3v) is 6.21. The summed E-state index contributed by atoms with van der Waals surface area (Å²) in [6, 6.07) is 5.38. The lowest BCUT2D eigenvalue weighted by Crippen LogP contribution is -2.32. The van der Waals surface area contributed by atoms with Crippen molar-refractivity contribution in [2.24, 2.45) is 11.8 Å². The van der Waals surface area contributed by atoms with Gasteiger partial charge in [0.2, 0.25) is 0 Å². The zero-order valence-electron chi connectivity index (χ0n) is 17.0. The number of nitrogens with zero attached hydrogens (tertiary/aromatic N) is 2. The molecule has 2 saturated carbocycles. The molecule has 31 heavy (non-hydrogen) atoms. The summed E-state index contributed by atoms with van der Waals surface area (Å²) in [7, 11) is 1.42. The highest BCUT2D eigenvalue weighted by atomic mass is 19.4. The molecular weight excluding hydrogens is 413 g/mol. The molecule has 2 fully saturated rings. The van der Waals surface area contributed by atoms with Gasteiger partial charge in [0.05, 0.1) is 17.7 Å². The van der Waals surface area contributed by atoms with Crippen LogP contribution in [0.2, 0.25) is 0 Å². The highest BCUT2D eigenvalue weighted by molar-refractivity contribution is 5.98. The number of aliphatic hydroxyl groups excluding tert-OH is 1. The van der Waals surface area contributed by atoms with E-state index >= 15 is 0 Å². The largest absolute Gasteiger partial charge is 0.416 e. The number of fused-ring (bicyclic) bond motifs is 1. The Balaban J connectivity index is 1.63. The molecular formula is C21H23F3N4O3. The van der Waals surface area contributed by atoms with Crippen molar-refractivity contribution in [3.8, 4) is 0 Å². The quantitative estimate of drug-likeness (QED) is 0.671. The summed E-state index contributed by atoms with van der Waals surface area (Å²) in [5, 5.41) is 19.2. The minimum atomic E-state index is -4.50. The van der Waals surface area contributed by atoms with Crippen LogP contribution in [-0.4, -0.2) is 45.9 Å². The molecule has 10 heteroatoms. The second kappa shape index (κ2) is 7.67. The molecule has 0 bridgehead atoms. The van der Waals surface area contributed by atoms with Crippen LogP contribution in [0.15, 0.2) is 30.3 Å². The molecule has 0 saturated heterocycles. The van der Waals surface area contributed by atoms with E-state index in [4.69, 9.17) is 0 Å². The Bertz CT molecular complexity index is 1010. The SMILES string of the molecule is CNC(=O)c1cc(C(=O)N[C@H]2[C@@H]3C[C@H](O)C[C@@H]32)n([C@H](C)c2cccc(C(F)(F)F)c2)n1. The van der Waals surface area contributed by atoms with Gasteiger partial charge in [0.25, 0.3) is 11.8 Å². The van der Waals surface area contributed by atoms with Gasteiger partial charge in [-0.05, 0) is 49.3 Å². The Morgan fingerprint density at radius 3 is 2.48 bits per heavy atom. The average Bonchev–Trinajstić information content (AvgIpc) is 3.10. The lowest BCUT2D eigenvalue weighted by atomic mass is 10.0. The lowest BCUT2D eigenvalue weighted by Gasteiger charge is -2.18. The van der Waals surface area contributed by atoms with Gasteiger partial charge in [-0.25, -0.2) is 0 Å². The van der Waals surface area contributed by atoms with Gasteiger partial charge in [0.1, 0.15) is 5.69 Å². The van der Waals surface area contributed by atoms with E-state index in [2.05, 4.69) is 15.7 Å². The highest BCUT2D eigenvalue weighted by Gasteiger charge is 2.56. The molecule has 2 aromatic rings. The number of halogens is 3. The van der Waals surface area contributed by atoms with Crippen molar-refractivity contribution in [3.63, 3.8) is 0 Å². The van der Waals surface area contributed by atoms with Crippen LogP contribution in [0.5, 0.6) is 0 Å². The second-order valence-electron chi connectivity index (χ2n) is 8.19. The maximum absolute atomic E-state index is 13.1. The van der Waals surface area contributed by atoms with Crippen LogP contribution >= 0.6 is 0 Å². The fraction of sp³-hybridized carbons (Fsp3) is 0.476. The van der Waals surface area contributed by atoms with Crippen LogP contribution in [0.25, 0.3) is 0 Å². The fourth-order valence-corrected chi connectivity index (χ4v) is 4.47. The van der Waals surface area contributed by atoms with Crippen LogP contribution in [0, 0.1) is 11.8 Å². The Labute approximate surface area is 176 Å². The van der Waals surface area contributed by atoms with Gasteiger partial charge >= 0.3 is 6.18 Å². The number of carbonyl (C=O) groups excluding carboxylic acids is 2. The number of hydrogen-bond donors (Lipinski definition) is 3. The molecule has 0 aliphatic heterocycles. The van der Waals surface area contributed by atoms with Gasteiger partial charge in [-0.1, -0.05) is 12.1 Å². The predicted molar refractivity (Wildman–Crippen MR) is 104 cm³/mol. The summed E-state index contributed by atoms with van der Waals surface area (Å²) in [6.07, 6.45) is -3.56. The number of nitrogens with one attached hydrogen (secondary N) is 2. The zero-order chi connectivity index (χ0) is 22.5. The second-order valence-corrected chi connectivity index (χ2v) is 8.19. The first-order chi connectivity index (χ1) is 14.6. The first-order valence-electron chi connectivity index (χ1n) is 10.1. The predicted octanol–water partition coefficient (Wildman–Crippen LogP) is 2.37. The number of alkyl halides is 3. The minimum Gasteiger partial charge on any atom is -0.393 e. The number of aromatic nitrogens is 2. The Kier molecular flexibility index (Phi) is 5.28. The van der Waals surface area contributed by atoms with Gasteiger partial charge < -0.3 is 15.7 Å². The number of carbonyl (C=O) groups is 2. The maximum atomic E-state index is 13.1. The van der Waals surface area contributed by atoms with Gasteiger partial charge in [0, 0.05) is 19.2 Å². The maximum Gasteiger partial charge on any atom is 0.416 e. The number of hydrogen-bond acceptors (Lipinski definition) is 4. The topological polar surface area (TPSA) is 96.3 Å². The fourth-order valence-electron chi connectivity index (χ4n) is 4.47.